The average molecular weight is 293 g/mol. The molecule has 0 fully saturated rings. The summed E-state index contributed by atoms with van der Waals surface area (Å²) in [6.07, 6.45) is 6.80. The zero-order valence-corrected chi connectivity index (χ0v) is 14.1. The largest absolute Gasteiger partial charge is 0.288 e. The third-order valence-corrected chi connectivity index (χ3v) is 4.51. The lowest BCUT2D eigenvalue weighted by molar-refractivity contribution is -0.659. The maximum absolute atomic E-state index is 2.38. The number of imidazole rings is 1. The van der Waals surface area contributed by atoms with Crippen LogP contribution in [0, 0.1) is 13.8 Å². The van der Waals surface area contributed by atoms with E-state index < -0.39 is 0 Å². The zero-order valence-electron chi connectivity index (χ0n) is 14.1. The molecule has 0 spiro atoms. The van der Waals surface area contributed by atoms with Gasteiger partial charge in [0, 0.05) is 0 Å². The van der Waals surface area contributed by atoms with Crippen LogP contribution in [-0.4, -0.2) is 4.57 Å². The summed E-state index contributed by atoms with van der Waals surface area (Å²) in [6, 6.07) is 11.2. The van der Waals surface area contributed by atoms with Crippen LogP contribution in [0.15, 0.2) is 42.7 Å². The molecule has 0 N–H and O–H groups in total. The summed E-state index contributed by atoms with van der Waals surface area (Å²) in [4.78, 5) is 0. The van der Waals surface area contributed by atoms with Crippen molar-refractivity contribution < 1.29 is 4.57 Å². The lowest BCUT2D eigenvalue weighted by Crippen LogP contribution is -2.29. The fraction of sp³-hybridized carbons (Fsp3) is 0.350. The van der Waals surface area contributed by atoms with Crippen LogP contribution in [0.3, 0.4) is 0 Å². The van der Waals surface area contributed by atoms with E-state index in [4.69, 9.17) is 0 Å². The van der Waals surface area contributed by atoms with E-state index in [0.29, 0.717) is 0 Å². The van der Waals surface area contributed by atoms with Gasteiger partial charge in [0.2, 0.25) is 0 Å². The Morgan fingerprint density at radius 1 is 1.09 bits per heavy atom. The standard InChI is InChI=1S/C20H25N2/c1-5-6-10-22-12-11-21(4)20(22)19-14-18-15(2)8-7-9-17(18)13-16(19)3/h7-9,11-14H,5-6,10H2,1-4H3/q+1. The highest BCUT2D eigenvalue weighted by Gasteiger charge is 2.19. The van der Waals surface area contributed by atoms with E-state index in [1.165, 1.54) is 46.1 Å². The molecule has 0 saturated heterocycles. The number of aryl methyl sites for hydroxylation is 4. The van der Waals surface area contributed by atoms with Crippen LogP contribution in [0.2, 0.25) is 0 Å². The summed E-state index contributed by atoms with van der Waals surface area (Å²) in [6.45, 7) is 7.73. The molecule has 0 bridgehead atoms. The van der Waals surface area contributed by atoms with Gasteiger partial charge in [-0.3, -0.25) is 0 Å². The number of benzene rings is 2. The highest BCUT2D eigenvalue weighted by molar-refractivity contribution is 5.90. The number of rotatable bonds is 4. The van der Waals surface area contributed by atoms with Gasteiger partial charge in [-0.25, -0.2) is 9.13 Å². The quantitative estimate of drug-likeness (QED) is 0.624. The Labute approximate surface area is 133 Å². The zero-order chi connectivity index (χ0) is 15.7. The van der Waals surface area contributed by atoms with E-state index in [9.17, 15) is 0 Å². The van der Waals surface area contributed by atoms with Gasteiger partial charge in [0.25, 0.3) is 5.82 Å². The summed E-state index contributed by atoms with van der Waals surface area (Å²) in [7, 11) is 2.14. The second-order valence-electron chi connectivity index (χ2n) is 6.24. The first-order chi connectivity index (χ1) is 10.6. The molecule has 114 valence electrons. The Morgan fingerprint density at radius 3 is 2.68 bits per heavy atom. The molecule has 0 aliphatic rings. The first-order valence-corrected chi connectivity index (χ1v) is 8.17. The van der Waals surface area contributed by atoms with Crippen LogP contribution in [-0.2, 0) is 13.6 Å². The Balaban J connectivity index is 2.20. The van der Waals surface area contributed by atoms with Gasteiger partial charge in [-0.2, -0.15) is 0 Å². The van der Waals surface area contributed by atoms with Crippen molar-refractivity contribution in [3.05, 3.63) is 53.9 Å². The molecule has 3 rings (SSSR count). The normalized spacial score (nSPS) is 11.3. The molecule has 0 radical (unpaired) electrons. The number of aromatic nitrogens is 2. The van der Waals surface area contributed by atoms with Gasteiger partial charge in [-0.15, -0.1) is 0 Å². The van der Waals surface area contributed by atoms with Crippen LogP contribution in [0.5, 0.6) is 0 Å². The van der Waals surface area contributed by atoms with E-state index in [1.807, 2.05) is 0 Å². The predicted molar refractivity (Wildman–Crippen MR) is 92.9 cm³/mol. The fourth-order valence-corrected chi connectivity index (χ4v) is 3.21. The smallest absolute Gasteiger partial charge is 0.233 e. The SMILES string of the molecule is CCCCn1cc[n+](C)c1-c1cc2c(C)cccc2cc1C. The molecule has 0 saturated carbocycles. The van der Waals surface area contributed by atoms with Gasteiger partial charge in [0.05, 0.1) is 19.2 Å². The van der Waals surface area contributed by atoms with Crippen molar-refractivity contribution >= 4 is 10.8 Å². The summed E-state index contributed by atoms with van der Waals surface area (Å²) in [5.41, 5.74) is 4.02. The van der Waals surface area contributed by atoms with Gasteiger partial charge in [0.15, 0.2) is 0 Å². The van der Waals surface area contributed by atoms with Crippen molar-refractivity contribution in [2.24, 2.45) is 7.05 Å². The molecule has 2 aromatic carbocycles. The molecule has 0 atom stereocenters. The van der Waals surface area contributed by atoms with Crippen molar-refractivity contribution in [1.82, 2.24) is 4.57 Å². The summed E-state index contributed by atoms with van der Waals surface area (Å²) >= 11 is 0. The van der Waals surface area contributed by atoms with Crippen LogP contribution >= 0.6 is 0 Å². The first-order valence-electron chi connectivity index (χ1n) is 8.17. The molecule has 1 heterocycles. The Hall–Kier alpha value is -2.09. The third kappa shape index (κ3) is 2.54. The van der Waals surface area contributed by atoms with Crippen molar-refractivity contribution in [3.8, 4) is 11.4 Å². The van der Waals surface area contributed by atoms with Gasteiger partial charge in [0.1, 0.15) is 12.4 Å². The highest BCUT2D eigenvalue weighted by Crippen LogP contribution is 2.28. The van der Waals surface area contributed by atoms with Crippen LogP contribution in [0.25, 0.3) is 22.2 Å². The van der Waals surface area contributed by atoms with Crippen molar-refractivity contribution in [2.45, 2.75) is 40.2 Å². The van der Waals surface area contributed by atoms with E-state index in [-0.39, 0.29) is 0 Å². The van der Waals surface area contributed by atoms with E-state index >= 15 is 0 Å². The van der Waals surface area contributed by atoms with Crippen LogP contribution in [0.4, 0.5) is 0 Å². The molecule has 22 heavy (non-hydrogen) atoms. The van der Waals surface area contributed by atoms with E-state index in [0.717, 1.165) is 6.54 Å². The van der Waals surface area contributed by atoms with E-state index in [1.54, 1.807) is 0 Å². The number of fused-ring (bicyclic) bond motifs is 1. The molecule has 1 aromatic heterocycles. The Bertz CT molecular complexity index is 812. The summed E-state index contributed by atoms with van der Waals surface area (Å²) in [5, 5.41) is 2.68. The monoisotopic (exact) mass is 293 g/mol. The molecule has 3 aromatic rings. The van der Waals surface area contributed by atoms with Crippen molar-refractivity contribution in [3.63, 3.8) is 0 Å². The highest BCUT2D eigenvalue weighted by atomic mass is 15.1. The minimum Gasteiger partial charge on any atom is -0.233 e. The maximum atomic E-state index is 2.38. The third-order valence-electron chi connectivity index (χ3n) is 4.51. The van der Waals surface area contributed by atoms with Gasteiger partial charge >= 0.3 is 0 Å². The molecule has 0 aliphatic heterocycles. The average Bonchev–Trinajstić information content (AvgIpc) is 2.86. The minimum absolute atomic E-state index is 1.08. The van der Waals surface area contributed by atoms with Crippen LogP contribution < -0.4 is 4.57 Å². The molecular weight excluding hydrogens is 268 g/mol. The van der Waals surface area contributed by atoms with Gasteiger partial charge in [-0.1, -0.05) is 37.6 Å². The topological polar surface area (TPSA) is 8.81 Å². The van der Waals surface area contributed by atoms with Crippen LogP contribution in [0.1, 0.15) is 30.9 Å². The lowest BCUT2D eigenvalue weighted by Gasteiger charge is -2.09. The molecule has 0 unspecified atom stereocenters. The first kappa shape index (κ1) is 14.8. The van der Waals surface area contributed by atoms with Gasteiger partial charge < -0.3 is 0 Å². The Morgan fingerprint density at radius 2 is 1.91 bits per heavy atom. The number of hydrogen-bond acceptors (Lipinski definition) is 0. The number of hydrogen-bond donors (Lipinski definition) is 0. The summed E-state index contributed by atoms with van der Waals surface area (Å²) < 4.78 is 4.62. The fourth-order valence-electron chi connectivity index (χ4n) is 3.21. The molecule has 2 nitrogen and oxygen atoms in total. The molecular formula is C20H25N2+. The Kier molecular flexibility index (Phi) is 4.02. The van der Waals surface area contributed by atoms with Crippen molar-refractivity contribution in [1.29, 1.82) is 0 Å². The predicted octanol–water partition coefficient (Wildman–Crippen LogP) is 4.55. The van der Waals surface area contributed by atoms with Gasteiger partial charge in [-0.05, 0) is 48.2 Å². The molecule has 2 heteroatoms. The number of unbranched alkanes of at least 4 members (excludes halogenated alkanes) is 1. The van der Waals surface area contributed by atoms with E-state index in [2.05, 4.69) is 79.7 Å². The number of nitrogens with zero attached hydrogens (tertiary/aromatic N) is 2. The minimum atomic E-state index is 1.08. The lowest BCUT2D eigenvalue weighted by atomic mass is 9.98. The van der Waals surface area contributed by atoms with Crippen molar-refractivity contribution in [2.75, 3.05) is 0 Å². The molecule has 0 aliphatic carbocycles. The second kappa shape index (κ2) is 5.96. The molecule has 0 amide bonds. The second-order valence-corrected chi connectivity index (χ2v) is 6.24. The summed E-state index contributed by atoms with van der Waals surface area (Å²) in [5.74, 6) is 1.30. The maximum Gasteiger partial charge on any atom is 0.288 e.